The summed E-state index contributed by atoms with van der Waals surface area (Å²) in [7, 11) is 0. The van der Waals surface area contributed by atoms with Crippen LogP contribution in [0.2, 0.25) is 0 Å². The Kier molecular flexibility index (Phi) is 3.62. The molecule has 22 heavy (non-hydrogen) atoms. The molecule has 3 aromatic rings. The highest BCUT2D eigenvalue weighted by Gasteiger charge is 2.13. The first kappa shape index (κ1) is 13.9. The summed E-state index contributed by atoms with van der Waals surface area (Å²) >= 11 is 0. The maximum Gasteiger partial charge on any atom is 0.341 e. The van der Waals surface area contributed by atoms with Crippen molar-refractivity contribution in [1.82, 2.24) is 4.98 Å². The van der Waals surface area contributed by atoms with Gasteiger partial charge in [-0.1, -0.05) is 36.4 Å². The first-order valence-electron chi connectivity index (χ1n) is 6.71. The number of carboxylic acids is 1. The maximum absolute atomic E-state index is 12.1. The maximum atomic E-state index is 12.1. The second-order valence-electron chi connectivity index (χ2n) is 4.79. The minimum atomic E-state index is -1.25. The van der Waals surface area contributed by atoms with E-state index in [-0.39, 0.29) is 5.56 Å². The summed E-state index contributed by atoms with van der Waals surface area (Å²) in [5, 5.41) is 9.29. The van der Waals surface area contributed by atoms with E-state index >= 15 is 0 Å². The predicted octanol–water partition coefficient (Wildman–Crippen LogP) is 2.81. The van der Waals surface area contributed by atoms with E-state index in [4.69, 9.17) is 9.84 Å². The number of hydrogen-bond donors (Lipinski definition) is 2. The van der Waals surface area contributed by atoms with Crippen LogP contribution in [-0.4, -0.2) is 16.1 Å². The van der Waals surface area contributed by atoms with Crippen molar-refractivity contribution in [2.24, 2.45) is 0 Å². The van der Waals surface area contributed by atoms with E-state index in [1.54, 1.807) is 18.2 Å². The van der Waals surface area contributed by atoms with E-state index in [0.29, 0.717) is 23.3 Å². The number of carboxylic acid groups (broad SMARTS) is 1. The number of pyridine rings is 1. The Labute approximate surface area is 125 Å². The van der Waals surface area contributed by atoms with Crippen molar-refractivity contribution in [3.8, 4) is 5.75 Å². The number of nitrogens with one attached hydrogen (secondary N) is 1. The summed E-state index contributed by atoms with van der Waals surface area (Å²) in [4.78, 5) is 26.0. The second-order valence-corrected chi connectivity index (χ2v) is 4.79. The van der Waals surface area contributed by atoms with Crippen LogP contribution in [0.25, 0.3) is 10.9 Å². The van der Waals surface area contributed by atoms with Crippen molar-refractivity contribution in [2.45, 2.75) is 6.61 Å². The predicted molar refractivity (Wildman–Crippen MR) is 82.3 cm³/mol. The quantitative estimate of drug-likeness (QED) is 0.775. The molecule has 0 saturated heterocycles. The Hall–Kier alpha value is -3.08. The zero-order chi connectivity index (χ0) is 15.5. The first-order valence-corrected chi connectivity index (χ1v) is 6.71. The molecule has 5 heteroatoms. The minimum absolute atomic E-state index is 0.285. The zero-order valence-corrected chi connectivity index (χ0v) is 11.6. The van der Waals surface area contributed by atoms with Crippen molar-refractivity contribution in [1.29, 1.82) is 0 Å². The SMILES string of the molecule is O=C(O)c1c[nH]c2c(OCc3ccccc3)cccc2c1=O. The monoisotopic (exact) mass is 295 g/mol. The standard InChI is InChI=1S/C17H13NO4/c19-16-12-7-4-8-14(15(12)18-9-13(16)17(20)21)22-10-11-5-2-1-3-6-11/h1-9H,10H2,(H,18,19)(H,20,21). The van der Waals surface area contributed by atoms with E-state index in [2.05, 4.69) is 4.98 Å². The molecule has 110 valence electrons. The summed E-state index contributed by atoms with van der Waals surface area (Å²) in [5.74, 6) is -0.742. The van der Waals surface area contributed by atoms with Crippen molar-refractivity contribution in [3.63, 3.8) is 0 Å². The van der Waals surface area contributed by atoms with E-state index < -0.39 is 11.4 Å². The van der Waals surface area contributed by atoms with Gasteiger partial charge in [0.05, 0.1) is 10.9 Å². The van der Waals surface area contributed by atoms with Crippen molar-refractivity contribution in [3.05, 3.63) is 76.1 Å². The molecular formula is C17H13NO4. The Bertz CT molecular complexity index is 884. The van der Waals surface area contributed by atoms with Gasteiger partial charge in [0, 0.05) is 6.20 Å². The lowest BCUT2D eigenvalue weighted by Crippen LogP contribution is -2.15. The van der Waals surface area contributed by atoms with Gasteiger partial charge >= 0.3 is 5.97 Å². The fourth-order valence-electron chi connectivity index (χ4n) is 2.24. The Balaban J connectivity index is 1.99. The number of aromatic nitrogens is 1. The number of rotatable bonds is 4. The van der Waals surface area contributed by atoms with Crippen molar-refractivity contribution in [2.75, 3.05) is 0 Å². The molecule has 0 aliphatic rings. The second kappa shape index (κ2) is 5.73. The summed E-state index contributed by atoms with van der Waals surface area (Å²) in [6.45, 7) is 0.364. The molecule has 0 atom stereocenters. The van der Waals surface area contributed by atoms with E-state index in [1.165, 1.54) is 6.20 Å². The lowest BCUT2D eigenvalue weighted by atomic mass is 10.1. The van der Waals surface area contributed by atoms with Crippen molar-refractivity contribution < 1.29 is 14.6 Å². The number of para-hydroxylation sites is 1. The molecule has 3 rings (SSSR count). The first-order chi connectivity index (χ1) is 10.7. The van der Waals surface area contributed by atoms with Crippen molar-refractivity contribution >= 4 is 16.9 Å². The fourth-order valence-corrected chi connectivity index (χ4v) is 2.24. The lowest BCUT2D eigenvalue weighted by molar-refractivity contribution is 0.0695. The number of carbonyl (C=O) groups is 1. The molecule has 0 amide bonds. The molecule has 0 aliphatic heterocycles. The van der Waals surface area contributed by atoms with E-state index in [1.807, 2.05) is 30.3 Å². The number of H-pyrrole nitrogens is 1. The van der Waals surface area contributed by atoms with E-state index in [9.17, 15) is 9.59 Å². The van der Waals surface area contributed by atoms with Gasteiger partial charge in [-0.15, -0.1) is 0 Å². The number of hydrogen-bond acceptors (Lipinski definition) is 3. The Morgan fingerprint density at radius 1 is 1.09 bits per heavy atom. The molecule has 0 radical (unpaired) electrons. The van der Waals surface area contributed by atoms with Crippen LogP contribution in [0, 0.1) is 0 Å². The molecule has 5 nitrogen and oxygen atoms in total. The van der Waals surface area contributed by atoms with E-state index in [0.717, 1.165) is 5.56 Å². The lowest BCUT2D eigenvalue weighted by Gasteiger charge is -2.09. The molecule has 0 aliphatic carbocycles. The highest BCUT2D eigenvalue weighted by molar-refractivity contribution is 5.93. The summed E-state index contributed by atoms with van der Waals surface area (Å²) in [5.41, 5.74) is 0.691. The van der Waals surface area contributed by atoms with Gasteiger partial charge < -0.3 is 14.8 Å². The highest BCUT2D eigenvalue weighted by Crippen LogP contribution is 2.22. The van der Waals surface area contributed by atoms with Crippen LogP contribution in [0.5, 0.6) is 5.75 Å². The Morgan fingerprint density at radius 2 is 1.86 bits per heavy atom. The number of fused-ring (bicyclic) bond motifs is 1. The number of aromatic carboxylic acids is 1. The molecular weight excluding hydrogens is 282 g/mol. The highest BCUT2D eigenvalue weighted by atomic mass is 16.5. The van der Waals surface area contributed by atoms with Gasteiger partial charge in [0.25, 0.3) is 0 Å². The average molecular weight is 295 g/mol. The Morgan fingerprint density at radius 3 is 2.59 bits per heavy atom. The summed E-state index contributed by atoms with van der Waals surface area (Å²) in [6, 6.07) is 14.6. The van der Waals surface area contributed by atoms with Crippen LogP contribution < -0.4 is 10.2 Å². The van der Waals surface area contributed by atoms with Gasteiger partial charge in [-0.3, -0.25) is 4.79 Å². The van der Waals surface area contributed by atoms with Gasteiger partial charge in [-0.25, -0.2) is 4.79 Å². The largest absolute Gasteiger partial charge is 0.487 e. The molecule has 1 heterocycles. The third-order valence-electron chi connectivity index (χ3n) is 3.34. The summed E-state index contributed by atoms with van der Waals surface area (Å²) < 4.78 is 5.74. The molecule has 0 unspecified atom stereocenters. The number of ether oxygens (including phenoxy) is 1. The summed E-state index contributed by atoms with van der Waals surface area (Å²) in [6.07, 6.45) is 1.20. The number of benzene rings is 2. The average Bonchev–Trinajstić information content (AvgIpc) is 2.54. The molecule has 2 N–H and O–H groups in total. The van der Waals surface area contributed by atoms with Crippen LogP contribution in [0.15, 0.2) is 59.5 Å². The van der Waals surface area contributed by atoms with Crippen LogP contribution in [-0.2, 0) is 6.61 Å². The topological polar surface area (TPSA) is 79.4 Å². The molecule has 1 aromatic heterocycles. The van der Waals surface area contributed by atoms with Crippen LogP contribution in [0.4, 0.5) is 0 Å². The third-order valence-corrected chi connectivity index (χ3v) is 3.34. The number of aromatic amines is 1. The molecule has 0 fully saturated rings. The van der Waals surface area contributed by atoms with Gasteiger partial charge in [-0.05, 0) is 17.7 Å². The fraction of sp³-hybridized carbons (Fsp3) is 0.0588. The minimum Gasteiger partial charge on any atom is -0.487 e. The van der Waals surface area contributed by atoms with Gasteiger partial charge in [-0.2, -0.15) is 0 Å². The molecule has 0 bridgehead atoms. The smallest absolute Gasteiger partial charge is 0.341 e. The normalized spacial score (nSPS) is 10.5. The third kappa shape index (κ3) is 2.56. The zero-order valence-electron chi connectivity index (χ0n) is 11.6. The molecule has 0 saturated carbocycles. The van der Waals surface area contributed by atoms with Crippen LogP contribution >= 0.6 is 0 Å². The van der Waals surface area contributed by atoms with Gasteiger partial charge in [0.2, 0.25) is 5.43 Å². The van der Waals surface area contributed by atoms with Gasteiger partial charge in [0.15, 0.2) is 0 Å². The van der Waals surface area contributed by atoms with Gasteiger partial charge in [0.1, 0.15) is 17.9 Å². The van der Waals surface area contributed by atoms with Crippen LogP contribution in [0.3, 0.4) is 0 Å². The van der Waals surface area contributed by atoms with Crippen LogP contribution in [0.1, 0.15) is 15.9 Å². The molecule has 0 spiro atoms. The molecule has 2 aromatic carbocycles.